The maximum absolute atomic E-state index is 12.7. The minimum atomic E-state index is 0.0414. The van der Waals surface area contributed by atoms with Gasteiger partial charge in [-0.3, -0.25) is 14.8 Å². The summed E-state index contributed by atoms with van der Waals surface area (Å²) in [6.07, 6.45) is 1.00. The minimum absolute atomic E-state index is 0.0414. The zero-order chi connectivity index (χ0) is 16.9. The maximum Gasteiger partial charge on any atom is 0.274 e. The second-order valence-electron chi connectivity index (χ2n) is 6.77. The van der Waals surface area contributed by atoms with E-state index < -0.39 is 0 Å². The molecule has 2 heterocycles. The van der Waals surface area contributed by atoms with Gasteiger partial charge in [-0.15, -0.1) is 0 Å². The third-order valence-electron chi connectivity index (χ3n) is 4.56. The zero-order valence-corrected chi connectivity index (χ0v) is 14.5. The fourth-order valence-corrected chi connectivity index (χ4v) is 3.08. The first-order valence-corrected chi connectivity index (χ1v) is 8.74. The molecule has 1 aliphatic rings. The Bertz CT molecular complexity index is 665. The molecule has 0 atom stereocenters. The van der Waals surface area contributed by atoms with Crippen LogP contribution >= 0.6 is 0 Å². The summed E-state index contributed by atoms with van der Waals surface area (Å²) in [4.78, 5) is 17.0. The Morgan fingerprint density at radius 2 is 1.96 bits per heavy atom. The van der Waals surface area contributed by atoms with Gasteiger partial charge < -0.3 is 4.90 Å². The second-order valence-corrected chi connectivity index (χ2v) is 6.77. The van der Waals surface area contributed by atoms with Crippen LogP contribution in [0.5, 0.6) is 0 Å². The molecule has 24 heavy (non-hydrogen) atoms. The van der Waals surface area contributed by atoms with Crippen LogP contribution in [-0.2, 0) is 6.54 Å². The summed E-state index contributed by atoms with van der Waals surface area (Å²) in [5.41, 5.74) is 2.88. The molecule has 0 spiro atoms. The first kappa shape index (κ1) is 16.7. The summed E-state index contributed by atoms with van der Waals surface area (Å²) in [7, 11) is 0. The molecule has 1 N–H and O–H groups in total. The Kier molecular flexibility index (Phi) is 5.30. The smallest absolute Gasteiger partial charge is 0.274 e. The van der Waals surface area contributed by atoms with Crippen LogP contribution in [0.15, 0.2) is 36.4 Å². The lowest BCUT2D eigenvalue weighted by Crippen LogP contribution is -2.35. The third kappa shape index (κ3) is 4.03. The van der Waals surface area contributed by atoms with E-state index in [1.807, 2.05) is 17.0 Å². The van der Waals surface area contributed by atoms with Gasteiger partial charge in [-0.1, -0.05) is 44.2 Å². The molecule has 1 aromatic heterocycles. The van der Waals surface area contributed by atoms with Gasteiger partial charge in [0.05, 0.1) is 0 Å². The largest absolute Gasteiger partial charge is 0.336 e. The summed E-state index contributed by atoms with van der Waals surface area (Å²) in [5.74, 6) is 0.393. The molecule has 1 aromatic carbocycles. The van der Waals surface area contributed by atoms with E-state index in [1.165, 1.54) is 5.56 Å². The van der Waals surface area contributed by atoms with Crippen LogP contribution < -0.4 is 0 Å². The molecule has 5 nitrogen and oxygen atoms in total. The zero-order valence-electron chi connectivity index (χ0n) is 14.5. The van der Waals surface area contributed by atoms with Crippen LogP contribution in [0.3, 0.4) is 0 Å². The molecule has 0 unspecified atom stereocenters. The number of nitrogens with one attached hydrogen (secondary N) is 1. The summed E-state index contributed by atoms with van der Waals surface area (Å²) in [6, 6.07) is 12.4. The van der Waals surface area contributed by atoms with Crippen LogP contribution in [0.2, 0.25) is 0 Å². The maximum atomic E-state index is 12.7. The van der Waals surface area contributed by atoms with Crippen LogP contribution in [0.4, 0.5) is 0 Å². The van der Waals surface area contributed by atoms with Crippen molar-refractivity contribution in [2.75, 3.05) is 26.2 Å². The highest BCUT2D eigenvalue weighted by atomic mass is 16.2. The summed E-state index contributed by atoms with van der Waals surface area (Å²) < 4.78 is 0. The molecule has 0 saturated carbocycles. The fourth-order valence-electron chi connectivity index (χ4n) is 3.08. The van der Waals surface area contributed by atoms with E-state index in [-0.39, 0.29) is 5.91 Å². The number of aromatic amines is 1. The second kappa shape index (κ2) is 7.62. The fraction of sp³-hybridized carbons (Fsp3) is 0.474. The topological polar surface area (TPSA) is 52.2 Å². The van der Waals surface area contributed by atoms with Crippen molar-refractivity contribution in [2.45, 2.75) is 32.7 Å². The van der Waals surface area contributed by atoms with Crippen molar-refractivity contribution >= 4 is 5.91 Å². The van der Waals surface area contributed by atoms with Gasteiger partial charge in [0, 0.05) is 38.4 Å². The third-order valence-corrected chi connectivity index (χ3v) is 4.56. The van der Waals surface area contributed by atoms with Crippen molar-refractivity contribution < 1.29 is 4.79 Å². The van der Waals surface area contributed by atoms with Gasteiger partial charge in [0.2, 0.25) is 0 Å². The Morgan fingerprint density at radius 3 is 2.67 bits per heavy atom. The molecule has 5 heteroatoms. The first-order chi connectivity index (χ1) is 11.6. The van der Waals surface area contributed by atoms with E-state index in [2.05, 4.69) is 53.2 Å². The Hall–Kier alpha value is -2.14. The monoisotopic (exact) mass is 326 g/mol. The van der Waals surface area contributed by atoms with E-state index in [4.69, 9.17) is 0 Å². The van der Waals surface area contributed by atoms with Gasteiger partial charge in [-0.2, -0.15) is 5.10 Å². The molecular weight excluding hydrogens is 300 g/mol. The quantitative estimate of drug-likeness (QED) is 0.940. The molecule has 2 aromatic rings. The first-order valence-electron chi connectivity index (χ1n) is 8.74. The molecule has 1 amide bonds. The molecule has 1 aliphatic heterocycles. The standard InChI is InChI=1S/C19H26N4O/c1-15(2)17-13-18(21-20-17)19(24)23-10-6-9-22(11-12-23)14-16-7-4-3-5-8-16/h3-5,7-8,13,15H,6,9-12,14H2,1-2H3,(H,20,21). The number of rotatable bonds is 4. The van der Waals surface area contributed by atoms with Crippen LogP contribution in [0, 0.1) is 0 Å². The average molecular weight is 326 g/mol. The van der Waals surface area contributed by atoms with Gasteiger partial charge >= 0.3 is 0 Å². The number of carbonyl (C=O) groups excluding carboxylic acids is 1. The normalized spacial score (nSPS) is 16.4. The summed E-state index contributed by atoms with van der Waals surface area (Å²) in [6.45, 7) is 8.62. The van der Waals surface area contributed by atoms with Crippen molar-refractivity contribution in [2.24, 2.45) is 0 Å². The van der Waals surface area contributed by atoms with E-state index >= 15 is 0 Å². The molecule has 0 bridgehead atoms. The molecule has 0 radical (unpaired) electrons. The van der Waals surface area contributed by atoms with Gasteiger partial charge in [0.25, 0.3) is 5.91 Å². The highest BCUT2D eigenvalue weighted by molar-refractivity contribution is 5.92. The molecule has 128 valence electrons. The Morgan fingerprint density at radius 1 is 1.17 bits per heavy atom. The molecular formula is C19H26N4O. The van der Waals surface area contributed by atoms with E-state index in [0.717, 1.165) is 44.8 Å². The number of aromatic nitrogens is 2. The van der Waals surface area contributed by atoms with E-state index in [0.29, 0.717) is 11.6 Å². The lowest BCUT2D eigenvalue weighted by atomic mass is 10.1. The van der Waals surface area contributed by atoms with Crippen molar-refractivity contribution in [1.29, 1.82) is 0 Å². The van der Waals surface area contributed by atoms with Crippen LogP contribution in [-0.4, -0.2) is 52.1 Å². The van der Waals surface area contributed by atoms with Gasteiger partial charge in [0.15, 0.2) is 0 Å². The van der Waals surface area contributed by atoms with Gasteiger partial charge in [-0.05, 0) is 24.0 Å². The Labute approximate surface area is 143 Å². The highest BCUT2D eigenvalue weighted by Gasteiger charge is 2.22. The summed E-state index contributed by atoms with van der Waals surface area (Å²) >= 11 is 0. The van der Waals surface area contributed by atoms with Gasteiger partial charge in [0.1, 0.15) is 5.69 Å². The van der Waals surface area contributed by atoms with Gasteiger partial charge in [-0.25, -0.2) is 0 Å². The van der Waals surface area contributed by atoms with Crippen molar-refractivity contribution in [1.82, 2.24) is 20.0 Å². The molecule has 3 rings (SSSR count). The van der Waals surface area contributed by atoms with Crippen LogP contribution in [0.1, 0.15) is 47.9 Å². The minimum Gasteiger partial charge on any atom is -0.336 e. The number of carbonyl (C=O) groups is 1. The SMILES string of the molecule is CC(C)c1cc(C(=O)N2CCCN(Cc3ccccc3)CC2)n[nH]1. The summed E-state index contributed by atoms with van der Waals surface area (Å²) in [5, 5.41) is 7.17. The molecule has 1 fully saturated rings. The number of H-pyrrole nitrogens is 1. The highest BCUT2D eigenvalue weighted by Crippen LogP contribution is 2.15. The average Bonchev–Trinajstić information content (AvgIpc) is 2.97. The van der Waals surface area contributed by atoms with Crippen molar-refractivity contribution in [3.8, 4) is 0 Å². The molecule has 0 aliphatic carbocycles. The Balaban J connectivity index is 1.59. The lowest BCUT2D eigenvalue weighted by molar-refractivity contribution is 0.0755. The number of benzene rings is 1. The predicted molar refractivity (Wildman–Crippen MR) is 94.9 cm³/mol. The number of nitrogens with zero attached hydrogens (tertiary/aromatic N) is 3. The molecule has 1 saturated heterocycles. The van der Waals surface area contributed by atoms with Crippen molar-refractivity contribution in [3.63, 3.8) is 0 Å². The number of hydrogen-bond donors (Lipinski definition) is 1. The lowest BCUT2D eigenvalue weighted by Gasteiger charge is -2.21. The number of hydrogen-bond acceptors (Lipinski definition) is 3. The van der Waals surface area contributed by atoms with Crippen LogP contribution in [0.25, 0.3) is 0 Å². The van der Waals surface area contributed by atoms with E-state index in [9.17, 15) is 4.79 Å². The number of amides is 1. The predicted octanol–water partition coefficient (Wildman–Crippen LogP) is 2.88. The van der Waals surface area contributed by atoms with Crippen molar-refractivity contribution in [3.05, 3.63) is 53.3 Å². The van der Waals surface area contributed by atoms with E-state index in [1.54, 1.807) is 0 Å².